The predicted octanol–water partition coefficient (Wildman–Crippen LogP) is 2.66. The number of nitrogens with two attached hydrogens (primary N) is 1. The number of phenolic OH excluding ortho intramolecular Hbond substituents is 1. The number of fused-ring (bicyclic) bond motifs is 5. The molecule has 3 bridgehead atoms. The van der Waals surface area contributed by atoms with Gasteiger partial charge in [-0.25, -0.2) is 4.98 Å². The Kier molecular flexibility index (Phi) is 6.12. The van der Waals surface area contributed by atoms with Crippen LogP contribution in [0.1, 0.15) is 72.5 Å². The summed E-state index contributed by atoms with van der Waals surface area (Å²) in [7, 11) is 3.01. The number of anilines is 2. The second-order valence-electron chi connectivity index (χ2n) is 16.1. The number of aliphatic hydroxyl groups is 4. The van der Waals surface area contributed by atoms with Gasteiger partial charge in [0.1, 0.15) is 17.1 Å². The maximum atomic E-state index is 14.3. The number of Topliss-reactive ketones (excluding diaryl/α,β-unsaturated/α-hetero) is 2. The quantitative estimate of drug-likeness (QED) is 0.170. The molecule has 258 valence electrons. The van der Waals surface area contributed by atoms with Crippen molar-refractivity contribution in [3.8, 4) is 5.75 Å². The average molecular weight is 672 g/mol. The molecule has 7 aliphatic carbocycles. The molecule has 0 saturated heterocycles. The van der Waals surface area contributed by atoms with Crippen molar-refractivity contribution >= 4 is 29.1 Å². The van der Waals surface area contributed by atoms with Crippen molar-refractivity contribution in [2.75, 3.05) is 19.4 Å². The Hall–Kier alpha value is -4.20. The summed E-state index contributed by atoms with van der Waals surface area (Å²) in [4.78, 5) is 49.7. The number of imidazole rings is 1. The van der Waals surface area contributed by atoms with Crippen LogP contribution in [0.2, 0.25) is 0 Å². The number of amides is 1. The molecular formula is C36H41N5O8. The van der Waals surface area contributed by atoms with Crippen LogP contribution >= 0.6 is 0 Å². The van der Waals surface area contributed by atoms with Gasteiger partial charge >= 0.3 is 0 Å². The molecule has 4 unspecified atom stereocenters. The van der Waals surface area contributed by atoms with Crippen molar-refractivity contribution in [1.29, 1.82) is 0 Å². The number of hydrogen-bond acceptors (Lipinski definition) is 11. The maximum Gasteiger partial charge on any atom is 0.255 e. The standard InChI is InChI=1S/C36H41N5O8/c1-12-15-4-5-18(39-34-38-11-19(40-34)22-16-7-13-6-14-8-17(22)35(16,9-13)10-14)27(42)21(15)28(43)23-20(12)29(44)25-26(41(2)3)30(45)24(33(37)48)32(47)36(25,49)31(23)46/h4-5,11-14,16-17,20,22,25-26,29,42,44-46,49H,6-10H2,1-3H3,(H2,37,48)(H2,38,39,40)/t12-,13?,14?,16?,17?,20+,22?,25+,26-,29-,35?,36-/m0/s1. The van der Waals surface area contributed by atoms with Gasteiger partial charge in [0.15, 0.2) is 17.1 Å². The largest absolute Gasteiger partial charge is 0.510 e. The third-order valence-corrected chi connectivity index (χ3v) is 13.8. The number of benzene rings is 1. The topological polar surface area (TPSA) is 222 Å². The number of nitrogens with one attached hydrogen (secondary N) is 2. The van der Waals surface area contributed by atoms with Crippen LogP contribution in [0, 0.1) is 40.9 Å². The number of aliphatic hydroxyl groups excluding tert-OH is 3. The lowest BCUT2D eigenvalue weighted by atomic mass is 9.48. The summed E-state index contributed by atoms with van der Waals surface area (Å²) in [6.07, 6.45) is 6.93. The lowest BCUT2D eigenvalue weighted by molar-refractivity contribution is -0.162. The Morgan fingerprint density at radius 3 is 2.37 bits per heavy atom. The molecule has 1 amide bonds. The first kappa shape index (κ1) is 30.8. The number of nitrogens with zero attached hydrogens (tertiary/aromatic N) is 2. The van der Waals surface area contributed by atoms with Gasteiger partial charge < -0.3 is 41.6 Å². The van der Waals surface area contributed by atoms with E-state index in [9.17, 15) is 39.9 Å². The predicted molar refractivity (Wildman–Crippen MR) is 174 cm³/mol. The molecular weight excluding hydrogens is 630 g/mol. The van der Waals surface area contributed by atoms with E-state index in [0.29, 0.717) is 34.7 Å². The fourth-order valence-corrected chi connectivity index (χ4v) is 12.2. The van der Waals surface area contributed by atoms with E-state index in [1.54, 1.807) is 19.1 Å². The van der Waals surface area contributed by atoms with Crippen molar-refractivity contribution < 1.29 is 39.9 Å². The number of H-pyrrole nitrogens is 1. The second-order valence-corrected chi connectivity index (χ2v) is 16.1. The van der Waals surface area contributed by atoms with E-state index in [1.807, 2.05) is 6.20 Å². The van der Waals surface area contributed by atoms with Crippen LogP contribution in [-0.4, -0.2) is 89.7 Å². The van der Waals surface area contributed by atoms with E-state index in [-0.39, 0.29) is 11.3 Å². The van der Waals surface area contributed by atoms with Gasteiger partial charge in [-0.1, -0.05) is 13.0 Å². The Bertz CT molecular complexity index is 1920. The molecule has 2 aromatic rings. The zero-order chi connectivity index (χ0) is 34.6. The molecule has 0 radical (unpaired) electrons. The zero-order valence-electron chi connectivity index (χ0n) is 27.5. The Balaban J connectivity index is 1.07. The highest BCUT2D eigenvalue weighted by atomic mass is 16.4. The van der Waals surface area contributed by atoms with Crippen molar-refractivity contribution in [1.82, 2.24) is 14.9 Å². The smallest absolute Gasteiger partial charge is 0.255 e. The van der Waals surface area contributed by atoms with Crippen molar-refractivity contribution in [2.45, 2.75) is 68.6 Å². The first-order valence-electron chi connectivity index (χ1n) is 17.2. The van der Waals surface area contributed by atoms with Gasteiger partial charge in [-0.05, 0) is 92.8 Å². The fraction of sp³-hybridized carbons (Fsp3) is 0.556. The van der Waals surface area contributed by atoms with Crippen LogP contribution in [0.4, 0.5) is 11.6 Å². The SMILES string of the molecule is C[C@H]1c2ccc(Nc3nc(C4C5CC6CC7CC4C5(C6)C7)c[nH]3)c(O)c2C(=O)C2=C(O)[C@]3(O)C(=O)C(C(N)=O)=C(O)[C@@H](N(C)C)[C@@H]3[C@@H](O)[C@@H]21. The highest BCUT2D eigenvalue weighted by Gasteiger charge is 2.72. The maximum absolute atomic E-state index is 14.3. The number of aromatic hydroxyl groups is 1. The number of aromatic nitrogens is 2. The molecule has 1 aromatic heterocycles. The molecule has 49 heavy (non-hydrogen) atoms. The van der Waals surface area contributed by atoms with Crippen LogP contribution in [0.15, 0.2) is 41.0 Å². The van der Waals surface area contributed by atoms with Gasteiger partial charge in [0.2, 0.25) is 11.7 Å². The van der Waals surface area contributed by atoms with E-state index in [2.05, 4.69) is 10.3 Å². The molecule has 1 aromatic carbocycles. The number of hydrogen-bond donors (Lipinski definition) is 8. The van der Waals surface area contributed by atoms with Gasteiger partial charge in [-0.3, -0.25) is 19.3 Å². The number of primary amides is 1. The Morgan fingerprint density at radius 2 is 1.73 bits per heavy atom. The third-order valence-electron chi connectivity index (χ3n) is 13.8. The monoisotopic (exact) mass is 671 g/mol. The van der Waals surface area contributed by atoms with Crippen molar-refractivity contribution in [2.24, 2.45) is 46.7 Å². The molecule has 1 heterocycles. The van der Waals surface area contributed by atoms with Gasteiger partial charge in [0.05, 0.1) is 35.0 Å². The van der Waals surface area contributed by atoms with E-state index < -0.39 is 81.4 Å². The normalized spacial score (nSPS) is 41.4. The van der Waals surface area contributed by atoms with E-state index >= 15 is 0 Å². The lowest BCUT2D eigenvalue weighted by Crippen LogP contribution is -2.68. The minimum Gasteiger partial charge on any atom is -0.510 e. The minimum absolute atomic E-state index is 0.155. The summed E-state index contributed by atoms with van der Waals surface area (Å²) in [5.74, 6) is -5.37. The summed E-state index contributed by atoms with van der Waals surface area (Å²) < 4.78 is 0. The molecule has 13 heteroatoms. The first-order valence-corrected chi connectivity index (χ1v) is 17.2. The van der Waals surface area contributed by atoms with Crippen LogP contribution in [-0.2, 0) is 9.59 Å². The van der Waals surface area contributed by atoms with E-state index in [1.165, 1.54) is 51.1 Å². The average Bonchev–Trinajstić information content (AvgIpc) is 3.65. The number of ketones is 2. The molecule has 9 N–H and O–H groups in total. The second kappa shape index (κ2) is 9.73. The number of likely N-dealkylation sites (N-methyl/N-ethyl adjacent to an activating group) is 1. The summed E-state index contributed by atoms with van der Waals surface area (Å²) in [5.41, 5.74) is 3.02. The zero-order valence-corrected chi connectivity index (χ0v) is 27.5. The van der Waals surface area contributed by atoms with Crippen LogP contribution < -0.4 is 11.1 Å². The number of aromatic amines is 1. The van der Waals surface area contributed by atoms with Crippen LogP contribution in [0.5, 0.6) is 5.75 Å². The van der Waals surface area contributed by atoms with Crippen molar-refractivity contribution in [3.05, 3.63) is 57.8 Å². The highest BCUT2D eigenvalue weighted by Crippen LogP contribution is 2.79. The first-order chi connectivity index (χ1) is 23.2. The van der Waals surface area contributed by atoms with Crippen LogP contribution in [0.3, 0.4) is 0 Å². The minimum atomic E-state index is -2.96. The van der Waals surface area contributed by atoms with Gasteiger partial charge in [0.25, 0.3) is 5.91 Å². The molecule has 4 fully saturated rings. The van der Waals surface area contributed by atoms with E-state index in [0.717, 1.165) is 17.5 Å². The third kappa shape index (κ3) is 3.60. The highest BCUT2D eigenvalue weighted by molar-refractivity contribution is 6.25. The van der Waals surface area contributed by atoms with Gasteiger partial charge in [0, 0.05) is 23.6 Å². The fourth-order valence-electron chi connectivity index (χ4n) is 12.2. The summed E-state index contributed by atoms with van der Waals surface area (Å²) in [6.45, 7) is 1.71. The summed E-state index contributed by atoms with van der Waals surface area (Å²) in [6, 6.07) is 1.97. The molecule has 4 saturated carbocycles. The molecule has 13 nitrogen and oxygen atoms in total. The molecule has 9 rings (SSSR count). The van der Waals surface area contributed by atoms with Gasteiger partial charge in [-0.2, -0.15) is 0 Å². The lowest BCUT2D eigenvalue weighted by Gasteiger charge is -2.55. The Labute approximate surface area is 281 Å². The van der Waals surface area contributed by atoms with Gasteiger partial charge in [-0.15, -0.1) is 0 Å². The van der Waals surface area contributed by atoms with Crippen molar-refractivity contribution in [3.63, 3.8) is 0 Å². The number of carbonyl (C=O) groups is 3. The number of rotatable bonds is 5. The molecule has 1 spiro atoms. The molecule has 10 atom stereocenters. The number of carbonyl (C=O) groups excluding carboxylic acids is 3. The molecule has 7 aliphatic rings. The number of phenols is 1. The summed E-state index contributed by atoms with van der Waals surface area (Å²) in [5, 5.41) is 61.1. The van der Waals surface area contributed by atoms with E-state index in [4.69, 9.17) is 10.7 Å². The summed E-state index contributed by atoms with van der Waals surface area (Å²) >= 11 is 0. The molecule has 0 aliphatic heterocycles. The Morgan fingerprint density at radius 1 is 1.06 bits per heavy atom. The van der Waals surface area contributed by atoms with Crippen LogP contribution in [0.25, 0.3) is 0 Å².